The fourth-order valence-corrected chi connectivity index (χ4v) is 1.27. The molecule has 0 saturated carbocycles. The molecule has 14 heavy (non-hydrogen) atoms. The largest absolute Gasteiger partial charge is 0.396 e. The van der Waals surface area contributed by atoms with Gasteiger partial charge in [0.2, 0.25) is 0 Å². The molecule has 0 aliphatic rings. The maximum Gasteiger partial charge on any atom is 0.144 e. The quantitative estimate of drug-likeness (QED) is 0.866. The van der Waals surface area contributed by atoms with Crippen molar-refractivity contribution >= 4 is 21.7 Å². The standard InChI is InChI=1S/C9H14BrN3O/c1-9(2,3-4-14)13-8-6-11-7(10)5-12-8/h5-6,14H,3-4H2,1-2H3,(H,12,13). The minimum Gasteiger partial charge on any atom is -0.396 e. The summed E-state index contributed by atoms with van der Waals surface area (Å²) in [6.07, 6.45) is 3.96. The summed E-state index contributed by atoms with van der Waals surface area (Å²) in [4.78, 5) is 8.20. The van der Waals surface area contributed by atoms with Crippen LogP contribution < -0.4 is 5.32 Å². The summed E-state index contributed by atoms with van der Waals surface area (Å²) in [5, 5.41) is 12.0. The Labute approximate surface area is 91.9 Å². The van der Waals surface area contributed by atoms with E-state index in [0.29, 0.717) is 16.8 Å². The van der Waals surface area contributed by atoms with Crippen LogP contribution in [0.1, 0.15) is 20.3 Å². The Morgan fingerprint density at radius 3 is 2.64 bits per heavy atom. The fourth-order valence-electron chi connectivity index (χ4n) is 1.07. The topological polar surface area (TPSA) is 58.0 Å². The molecular weight excluding hydrogens is 246 g/mol. The van der Waals surface area contributed by atoms with E-state index in [4.69, 9.17) is 5.11 Å². The van der Waals surface area contributed by atoms with E-state index < -0.39 is 0 Å². The van der Waals surface area contributed by atoms with Crippen molar-refractivity contribution in [3.63, 3.8) is 0 Å². The second-order valence-electron chi connectivity index (χ2n) is 3.71. The summed E-state index contributed by atoms with van der Waals surface area (Å²) in [6, 6.07) is 0. The minimum absolute atomic E-state index is 0.157. The first-order valence-electron chi connectivity index (χ1n) is 4.40. The molecule has 78 valence electrons. The second-order valence-corrected chi connectivity index (χ2v) is 4.52. The molecule has 0 unspecified atom stereocenters. The molecule has 1 aromatic heterocycles. The number of anilines is 1. The van der Waals surface area contributed by atoms with Gasteiger partial charge in [0.15, 0.2) is 0 Å². The molecule has 1 rings (SSSR count). The zero-order valence-corrected chi connectivity index (χ0v) is 9.87. The lowest BCUT2D eigenvalue weighted by Gasteiger charge is -2.25. The van der Waals surface area contributed by atoms with Gasteiger partial charge in [-0.2, -0.15) is 0 Å². The lowest BCUT2D eigenvalue weighted by molar-refractivity contribution is 0.260. The molecule has 0 bridgehead atoms. The number of nitrogens with zero attached hydrogens (tertiary/aromatic N) is 2. The van der Waals surface area contributed by atoms with E-state index in [2.05, 4.69) is 31.2 Å². The monoisotopic (exact) mass is 259 g/mol. The highest BCUT2D eigenvalue weighted by atomic mass is 79.9. The highest BCUT2D eigenvalue weighted by Gasteiger charge is 2.16. The van der Waals surface area contributed by atoms with Crippen molar-refractivity contribution in [3.05, 3.63) is 17.0 Å². The lowest BCUT2D eigenvalue weighted by Crippen LogP contribution is -2.32. The van der Waals surface area contributed by atoms with Gasteiger partial charge in [-0.05, 0) is 36.2 Å². The molecule has 0 radical (unpaired) electrons. The Morgan fingerprint density at radius 2 is 2.14 bits per heavy atom. The number of aliphatic hydroxyl groups is 1. The zero-order chi connectivity index (χ0) is 10.6. The third-order valence-corrected chi connectivity index (χ3v) is 2.23. The van der Waals surface area contributed by atoms with Gasteiger partial charge in [-0.1, -0.05) is 0 Å². The van der Waals surface area contributed by atoms with Crippen LogP contribution in [0.25, 0.3) is 0 Å². The van der Waals surface area contributed by atoms with E-state index in [1.54, 1.807) is 12.4 Å². The lowest BCUT2D eigenvalue weighted by atomic mass is 10.0. The maximum atomic E-state index is 8.84. The first-order chi connectivity index (χ1) is 6.53. The first kappa shape index (κ1) is 11.4. The highest BCUT2D eigenvalue weighted by molar-refractivity contribution is 9.10. The molecule has 4 nitrogen and oxygen atoms in total. The van der Waals surface area contributed by atoms with Crippen LogP contribution in [-0.4, -0.2) is 27.2 Å². The van der Waals surface area contributed by atoms with Crippen LogP contribution in [0.4, 0.5) is 5.82 Å². The van der Waals surface area contributed by atoms with E-state index in [1.165, 1.54) is 0 Å². The van der Waals surface area contributed by atoms with E-state index in [0.717, 1.165) is 0 Å². The number of aliphatic hydroxyl groups excluding tert-OH is 1. The molecule has 0 spiro atoms. The van der Waals surface area contributed by atoms with Gasteiger partial charge in [-0.3, -0.25) is 0 Å². The number of rotatable bonds is 4. The molecule has 0 aliphatic carbocycles. The second kappa shape index (κ2) is 4.70. The smallest absolute Gasteiger partial charge is 0.144 e. The Balaban J connectivity index is 2.64. The third-order valence-electron chi connectivity index (χ3n) is 1.82. The number of nitrogens with one attached hydrogen (secondary N) is 1. The Morgan fingerprint density at radius 1 is 1.43 bits per heavy atom. The molecule has 5 heteroatoms. The van der Waals surface area contributed by atoms with Crippen molar-refractivity contribution in [3.8, 4) is 0 Å². The van der Waals surface area contributed by atoms with Gasteiger partial charge in [0.1, 0.15) is 10.4 Å². The fraction of sp³-hybridized carbons (Fsp3) is 0.556. The molecule has 0 fully saturated rings. The van der Waals surface area contributed by atoms with Crippen molar-refractivity contribution in [2.24, 2.45) is 0 Å². The van der Waals surface area contributed by atoms with Crippen LogP contribution in [0, 0.1) is 0 Å². The van der Waals surface area contributed by atoms with Gasteiger partial charge in [-0.15, -0.1) is 0 Å². The van der Waals surface area contributed by atoms with Crippen molar-refractivity contribution in [2.45, 2.75) is 25.8 Å². The normalized spacial score (nSPS) is 11.4. The van der Waals surface area contributed by atoms with Crippen LogP contribution in [0.2, 0.25) is 0 Å². The highest BCUT2D eigenvalue weighted by Crippen LogP contribution is 2.15. The molecule has 0 saturated heterocycles. The molecule has 1 aromatic rings. The van der Waals surface area contributed by atoms with E-state index in [9.17, 15) is 0 Å². The van der Waals surface area contributed by atoms with Crippen molar-refractivity contribution in [2.75, 3.05) is 11.9 Å². The van der Waals surface area contributed by atoms with E-state index in [-0.39, 0.29) is 12.1 Å². The van der Waals surface area contributed by atoms with Gasteiger partial charge >= 0.3 is 0 Å². The Kier molecular flexibility index (Phi) is 3.83. The van der Waals surface area contributed by atoms with Crippen LogP contribution in [0.5, 0.6) is 0 Å². The molecule has 0 aliphatic heterocycles. The van der Waals surface area contributed by atoms with Crippen LogP contribution in [-0.2, 0) is 0 Å². The van der Waals surface area contributed by atoms with Gasteiger partial charge in [-0.25, -0.2) is 9.97 Å². The van der Waals surface area contributed by atoms with Crippen LogP contribution >= 0.6 is 15.9 Å². The maximum absolute atomic E-state index is 8.84. The first-order valence-corrected chi connectivity index (χ1v) is 5.19. The number of halogens is 1. The Bertz CT molecular complexity index is 287. The SMILES string of the molecule is CC(C)(CCO)Nc1cnc(Br)cn1. The summed E-state index contributed by atoms with van der Waals surface area (Å²) < 4.78 is 0.711. The minimum atomic E-state index is -0.169. The van der Waals surface area contributed by atoms with Crippen LogP contribution in [0.15, 0.2) is 17.0 Å². The third kappa shape index (κ3) is 3.59. The van der Waals surface area contributed by atoms with Crippen molar-refractivity contribution in [1.82, 2.24) is 9.97 Å². The van der Waals surface area contributed by atoms with Gasteiger partial charge in [0.25, 0.3) is 0 Å². The number of aromatic nitrogens is 2. The molecule has 1 heterocycles. The average Bonchev–Trinajstić information content (AvgIpc) is 2.08. The number of hydrogen-bond acceptors (Lipinski definition) is 4. The Hall–Kier alpha value is -0.680. The summed E-state index contributed by atoms with van der Waals surface area (Å²) in [7, 11) is 0. The summed E-state index contributed by atoms with van der Waals surface area (Å²) >= 11 is 3.21. The molecule has 0 amide bonds. The molecule has 0 aromatic carbocycles. The summed E-state index contributed by atoms with van der Waals surface area (Å²) in [5.74, 6) is 0.714. The predicted octanol–water partition coefficient (Wildman–Crippen LogP) is 1.81. The molecule has 2 N–H and O–H groups in total. The molecule has 0 atom stereocenters. The molecular formula is C9H14BrN3O. The van der Waals surface area contributed by atoms with Crippen molar-refractivity contribution in [1.29, 1.82) is 0 Å². The summed E-state index contributed by atoms with van der Waals surface area (Å²) in [5.41, 5.74) is -0.169. The van der Waals surface area contributed by atoms with E-state index >= 15 is 0 Å². The average molecular weight is 260 g/mol. The summed E-state index contributed by atoms with van der Waals surface area (Å²) in [6.45, 7) is 4.17. The predicted molar refractivity (Wildman–Crippen MR) is 59.1 cm³/mol. The van der Waals surface area contributed by atoms with Crippen LogP contribution in [0.3, 0.4) is 0 Å². The van der Waals surface area contributed by atoms with Gasteiger partial charge < -0.3 is 10.4 Å². The van der Waals surface area contributed by atoms with Crippen molar-refractivity contribution < 1.29 is 5.11 Å². The zero-order valence-electron chi connectivity index (χ0n) is 8.29. The van der Waals surface area contributed by atoms with Gasteiger partial charge in [0, 0.05) is 12.1 Å². The van der Waals surface area contributed by atoms with Gasteiger partial charge in [0.05, 0.1) is 12.4 Å². The van der Waals surface area contributed by atoms with E-state index in [1.807, 2.05) is 13.8 Å². The number of hydrogen-bond donors (Lipinski definition) is 2.